The number of nitrogens with zero attached hydrogens (tertiary/aromatic N) is 3. The molecule has 0 fully saturated rings. The molecule has 0 spiro atoms. The molecule has 1 atom stereocenters. The van der Waals surface area contributed by atoms with E-state index >= 15 is 0 Å². The molecule has 0 saturated carbocycles. The van der Waals surface area contributed by atoms with Gasteiger partial charge in [-0.3, -0.25) is 14.8 Å². The number of methoxy groups -OCH3 is 1. The lowest BCUT2D eigenvalue weighted by Crippen LogP contribution is -2.19. The third kappa shape index (κ3) is 4.30. The van der Waals surface area contributed by atoms with E-state index in [2.05, 4.69) is 20.6 Å². The van der Waals surface area contributed by atoms with Gasteiger partial charge in [0, 0.05) is 47.1 Å². The van der Waals surface area contributed by atoms with Crippen LogP contribution in [0.2, 0.25) is 0 Å². The summed E-state index contributed by atoms with van der Waals surface area (Å²) in [7, 11) is 1.33. The molecule has 1 amide bonds. The third-order valence-corrected chi connectivity index (χ3v) is 6.06. The average Bonchev–Trinajstić information content (AvgIpc) is 3.03. The van der Waals surface area contributed by atoms with E-state index in [4.69, 9.17) is 9.72 Å². The molecule has 1 aromatic carbocycles. The van der Waals surface area contributed by atoms with Crippen LogP contribution in [0.5, 0.6) is 0 Å². The number of esters is 1. The Bertz CT molecular complexity index is 1450. The van der Waals surface area contributed by atoms with Crippen LogP contribution >= 0.6 is 0 Å². The SMILES string of the molecule is CCc1cc2c(c(-c3cccc4cc(-c5ccc(C(=O)OC)nc5)ncc34)n1)N[C@H](C)CC(=O)N2. The van der Waals surface area contributed by atoms with Crippen LogP contribution in [-0.2, 0) is 16.0 Å². The molecule has 5 rings (SSSR count). The van der Waals surface area contributed by atoms with Crippen LogP contribution in [0.15, 0.2) is 54.9 Å². The minimum atomic E-state index is -0.479. The first-order chi connectivity index (χ1) is 17.0. The highest BCUT2D eigenvalue weighted by molar-refractivity contribution is 6.04. The zero-order chi connectivity index (χ0) is 24.5. The van der Waals surface area contributed by atoms with E-state index < -0.39 is 5.97 Å². The third-order valence-electron chi connectivity index (χ3n) is 6.06. The summed E-state index contributed by atoms with van der Waals surface area (Å²) in [5, 5.41) is 8.46. The number of carbonyl (C=O) groups excluding carboxylic acids is 2. The number of fused-ring (bicyclic) bond motifs is 2. The quantitative estimate of drug-likeness (QED) is 0.413. The number of aryl methyl sites for hydroxylation is 1. The van der Waals surface area contributed by atoms with Crippen molar-refractivity contribution in [3.05, 3.63) is 66.2 Å². The standard InChI is InChI=1S/C27H25N5O3/c1-4-18-12-23-26(30-15(2)10-24(33)32-23)25(31-18)19-7-5-6-16-11-22(29-14-20(16)19)17-8-9-21(28-13-17)27(34)35-3/h5-9,11-15,30H,4,10H2,1-3H3,(H,32,33)/t15-/m1/s1. The summed E-state index contributed by atoms with van der Waals surface area (Å²) in [6, 6.07) is 13.4. The summed E-state index contributed by atoms with van der Waals surface area (Å²) >= 11 is 0. The van der Waals surface area contributed by atoms with E-state index in [-0.39, 0.29) is 17.6 Å². The highest BCUT2D eigenvalue weighted by Crippen LogP contribution is 2.39. The highest BCUT2D eigenvalue weighted by atomic mass is 16.5. The zero-order valence-electron chi connectivity index (χ0n) is 19.8. The predicted octanol–water partition coefficient (Wildman–Crippen LogP) is 4.85. The van der Waals surface area contributed by atoms with E-state index in [0.29, 0.717) is 6.42 Å². The van der Waals surface area contributed by atoms with Crippen LogP contribution in [0.25, 0.3) is 33.3 Å². The molecular formula is C27H25N5O3. The smallest absolute Gasteiger partial charge is 0.356 e. The van der Waals surface area contributed by atoms with E-state index in [1.807, 2.05) is 50.4 Å². The molecule has 0 bridgehead atoms. The van der Waals surface area contributed by atoms with Gasteiger partial charge in [-0.05, 0) is 43.0 Å². The van der Waals surface area contributed by atoms with E-state index in [1.165, 1.54) is 7.11 Å². The van der Waals surface area contributed by atoms with Crippen molar-refractivity contribution in [1.82, 2.24) is 15.0 Å². The number of carbonyl (C=O) groups is 2. The van der Waals surface area contributed by atoms with Gasteiger partial charge in [0.05, 0.1) is 29.9 Å². The van der Waals surface area contributed by atoms with Crippen molar-refractivity contribution in [3.8, 4) is 22.5 Å². The normalized spacial score (nSPS) is 15.1. The predicted molar refractivity (Wildman–Crippen MR) is 135 cm³/mol. The summed E-state index contributed by atoms with van der Waals surface area (Å²) in [6.07, 6.45) is 4.58. The second-order valence-electron chi connectivity index (χ2n) is 8.56. The Kier molecular flexibility index (Phi) is 5.86. The minimum Gasteiger partial charge on any atom is -0.464 e. The summed E-state index contributed by atoms with van der Waals surface area (Å²) < 4.78 is 4.72. The molecule has 35 heavy (non-hydrogen) atoms. The van der Waals surface area contributed by atoms with Gasteiger partial charge < -0.3 is 15.4 Å². The van der Waals surface area contributed by atoms with Gasteiger partial charge in [0.25, 0.3) is 0 Å². The van der Waals surface area contributed by atoms with Gasteiger partial charge in [-0.25, -0.2) is 9.78 Å². The maximum Gasteiger partial charge on any atom is 0.356 e. The number of nitrogens with one attached hydrogen (secondary N) is 2. The summed E-state index contributed by atoms with van der Waals surface area (Å²) in [4.78, 5) is 37.9. The zero-order valence-corrected chi connectivity index (χ0v) is 19.8. The second kappa shape index (κ2) is 9.13. The first kappa shape index (κ1) is 22.5. The number of pyridine rings is 3. The van der Waals surface area contributed by atoms with Crippen LogP contribution < -0.4 is 10.6 Å². The summed E-state index contributed by atoms with van der Waals surface area (Å²) in [6.45, 7) is 4.03. The second-order valence-corrected chi connectivity index (χ2v) is 8.56. The molecule has 3 aromatic heterocycles. The molecule has 8 nitrogen and oxygen atoms in total. The molecule has 4 heterocycles. The van der Waals surface area contributed by atoms with Gasteiger partial charge in [-0.2, -0.15) is 0 Å². The van der Waals surface area contributed by atoms with Crippen molar-refractivity contribution in [2.75, 3.05) is 17.7 Å². The first-order valence-electron chi connectivity index (χ1n) is 11.5. The van der Waals surface area contributed by atoms with Crippen LogP contribution in [-0.4, -0.2) is 40.0 Å². The fourth-order valence-electron chi connectivity index (χ4n) is 4.30. The number of ether oxygens (including phenoxy) is 1. The molecule has 0 radical (unpaired) electrons. The molecule has 176 valence electrons. The Labute approximate surface area is 202 Å². The van der Waals surface area contributed by atoms with Crippen molar-refractivity contribution >= 4 is 34.0 Å². The number of benzene rings is 1. The van der Waals surface area contributed by atoms with Crippen LogP contribution in [0.3, 0.4) is 0 Å². The molecule has 4 aromatic rings. The molecule has 0 unspecified atom stereocenters. The number of anilines is 2. The van der Waals surface area contributed by atoms with E-state index in [1.54, 1.807) is 18.3 Å². The Morgan fingerprint density at radius 1 is 1.14 bits per heavy atom. The van der Waals surface area contributed by atoms with Crippen molar-refractivity contribution in [1.29, 1.82) is 0 Å². The number of rotatable bonds is 4. The van der Waals surface area contributed by atoms with Gasteiger partial charge in [0.2, 0.25) is 5.91 Å². The van der Waals surface area contributed by atoms with Crippen LogP contribution in [0.4, 0.5) is 11.4 Å². The molecule has 1 aliphatic heterocycles. The lowest BCUT2D eigenvalue weighted by Gasteiger charge is -2.18. The number of hydrogen-bond donors (Lipinski definition) is 2. The summed E-state index contributed by atoms with van der Waals surface area (Å²) in [5.41, 5.74) is 5.97. The Balaban J connectivity index is 1.62. The van der Waals surface area contributed by atoms with Crippen molar-refractivity contribution in [2.24, 2.45) is 0 Å². The number of hydrogen-bond acceptors (Lipinski definition) is 7. The number of amides is 1. The van der Waals surface area contributed by atoms with Crippen molar-refractivity contribution in [3.63, 3.8) is 0 Å². The topological polar surface area (TPSA) is 106 Å². The van der Waals surface area contributed by atoms with Gasteiger partial charge in [-0.1, -0.05) is 25.1 Å². The van der Waals surface area contributed by atoms with Crippen LogP contribution in [0, 0.1) is 0 Å². The molecule has 2 N–H and O–H groups in total. The van der Waals surface area contributed by atoms with E-state index in [0.717, 1.165) is 56.8 Å². The maximum atomic E-state index is 12.4. The first-order valence-corrected chi connectivity index (χ1v) is 11.5. The number of aromatic nitrogens is 3. The maximum absolute atomic E-state index is 12.4. The van der Waals surface area contributed by atoms with Crippen LogP contribution in [0.1, 0.15) is 36.5 Å². The Morgan fingerprint density at radius 3 is 2.74 bits per heavy atom. The minimum absolute atomic E-state index is 0.0148. The van der Waals surface area contributed by atoms with Crippen molar-refractivity contribution in [2.45, 2.75) is 32.7 Å². The lowest BCUT2D eigenvalue weighted by atomic mass is 9.99. The monoisotopic (exact) mass is 467 g/mol. The van der Waals surface area contributed by atoms with Gasteiger partial charge >= 0.3 is 5.97 Å². The average molecular weight is 468 g/mol. The fraction of sp³-hybridized carbons (Fsp3) is 0.222. The largest absolute Gasteiger partial charge is 0.464 e. The summed E-state index contributed by atoms with van der Waals surface area (Å²) in [5.74, 6) is -0.494. The lowest BCUT2D eigenvalue weighted by molar-refractivity contribution is -0.116. The van der Waals surface area contributed by atoms with Crippen molar-refractivity contribution < 1.29 is 14.3 Å². The molecule has 8 heteroatoms. The van der Waals surface area contributed by atoms with Gasteiger partial charge in [0.15, 0.2) is 0 Å². The van der Waals surface area contributed by atoms with E-state index in [9.17, 15) is 9.59 Å². The molecular weight excluding hydrogens is 442 g/mol. The molecule has 1 aliphatic rings. The molecule has 0 aliphatic carbocycles. The Hall–Kier alpha value is -4.33. The van der Waals surface area contributed by atoms with Gasteiger partial charge in [-0.15, -0.1) is 0 Å². The van der Waals surface area contributed by atoms with Gasteiger partial charge in [0.1, 0.15) is 5.69 Å². The Morgan fingerprint density at radius 2 is 2.00 bits per heavy atom. The molecule has 0 saturated heterocycles. The fourth-order valence-corrected chi connectivity index (χ4v) is 4.30. The highest BCUT2D eigenvalue weighted by Gasteiger charge is 2.23.